The lowest BCUT2D eigenvalue weighted by Gasteiger charge is -2.07. The van der Waals surface area contributed by atoms with Gasteiger partial charge in [0.05, 0.1) is 0 Å². The Bertz CT molecular complexity index is 638. The predicted octanol–water partition coefficient (Wildman–Crippen LogP) is 1.97. The van der Waals surface area contributed by atoms with E-state index in [1.807, 2.05) is 24.3 Å². The highest BCUT2D eigenvalue weighted by Gasteiger charge is 2.09. The maximum atomic E-state index is 11.9. The lowest BCUT2D eigenvalue weighted by atomic mass is 10.1. The number of nitrogens with one attached hydrogen (secondary N) is 1. The minimum Gasteiger partial charge on any atom is -0.396 e. The number of aliphatic hydroxyl groups excluding tert-OH is 1. The van der Waals surface area contributed by atoms with Crippen LogP contribution in [0.15, 0.2) is 33.5 Å². The highest BCUT2D eigenvalue weighted by molar-refractivity contribution is 9.10. The van der Waals surface area contributed by atoms with Crippen LogP contribution < -0.4 is 5.56 Å². The molecule has 1 aromatic carbocycles. The average Bonchev–Trinajstić information content (AvgIpc) is 2.37. The number of aromatic amines is 1. The van der Waals surface area contributed by atoms with Gasteiger partial charge in [-0.1, -0.05) is 34.1 Å². The van der Waals surface area contributed by atoms with Crippen LogP contribution in [0.25, 0.3) is 0 Å². The molecule has 0 radical (unpaired) electrons. The zero-order valence-corrected chi connectivity index (χ0v) is 12.2. The highest BCUT2D eigenvalue weighted by Crippen LogP contribution is 2.18. The second-order valence-corrected chi connectivity index (χ2v) is 5.17. The molecule has 0 saturated carbocycles. The first-order chi connectivity index (χ1) is 9.11. The van der Waals surface area contributed by atoms with E-state index in [1.54, 1.807) is 6.92 Å². The van der Waals surface area contributed by atoms with Crippen molar-refractivity contribution in [2.45, 2.75) is 19.8 Å². The van der Waals surface area contributed by atoms with Crippen LogP contribution in [0, 0.1) is 6.92 Å². The van der Waals surface area contributed by atoms with Gasteiger partial charge in [0.25, 0.3) is 5.56 Å². The normalized spacial score (nSPS) is 10.7. The number of nitrogens with zero attached hydrogens (tertiary/aromatic N) is 1. The Labute approximate surface area is 119 Å². The molecule has 0 aliphatic heterocycles. The standard InChI is InChI=1S/C14H15BrN2O2/c1-9-11(6-7-18)14(19)17-13(16-9)8-10-4-2-3-5-12(10)15/h2-5,18H,6-8H2,1H3,(H,16,17,19). The number of hydrogen-bond acceptors (Lipinski definition) is 3. The first-order valence-corrected chi connectivity index (χ1v) is 6.84. The summed E-state index contributed by atoms with van der Waals surface area (Å²) in [4.78, 5) is 19.1. The number of aromatic nitrogens is 2. The lowest BCUT2D eigenvalue weighted by molar-refractivity contribution is 0.298. The predicted molar refractivity (Wildman–Crippen MR) is 77.3 cm³/mol. The van der Waals surface area contributed by atoms with Crippen molar-refractivity contribution in [1.82, 2.24) is 9.97 Å². The Morgan fingerprint density at radius 1 is 1.37 bits per heavy atom. The summed E-state index contributed by atoms with van der Waals surface area (Å²) in [5.41, 5.74) is 2.14. The Morgan fingerprint density at radius 3 is 2.74 bits per heavy atom. The van der Waals surface area contributed by atoms with Gasteiger partial charge in [0.2, 0.25) is 0 Å². The molecular formula is C14H15BrN2O2. The fourth-order valence-electron chi connectivity index (χ4n) is 1.98. The van der Waals surface area contributed by atoms with Crippen LogP contribution >= 0.6 is 15.9 Å². The van der Waals surface area contributed by atoms with Crippen molar-refractivity contribution in [1.29, 1.82) is 0 Å². The van der Waals surface area contributed by atoms with Gasteiger partial charge in [0, 0.05) is 35.2 Å². The third kappa shape index (κ3) is 3.30. The van der Waals surface area contributed by atoms with Crippen LogP contribution in [0.4, 0.5) is 0 Å². The molecule has 0 saturated heterocycles. The number of halogens is 1. The van der Waals surface area contributed by atoms with Crippen LogP contribution in [0.3, 0.4) is 0 Å². The molecule has 2 N–H and O–H groups in total. The molecule has 0 aliphatic rings. The summed E-state index contributed by atoms with van der Waals surface area (Å²) in [6.07, 6.45) is 0.903. The smallest absolute Gasteiger partial charge is 0.254 e. The molecule has 0 bridgehead atoms. The van der Waals surface area contributed by atoms with E-state index < -0.39 is 0 Å². The molecule has 0 spiro atoms. The summed E-state index contributed by atoms with van der Waals surface area (Å²) in [6.45, 7) is 1.75. The summed E-state index contributed by atoms with van der Waals surface area (Å²) >= 11 is 3.48. The van der Waals surface area contributed by atoms with Crippen molar-refractivity contribution in [2.24, 2.45) is 0 Å². The molecule has 0 atom stereocenters. The molecule has 0 aliphatic carbocycles. The molecule has 5 heteroatoms. The molecule has 100 valence electrons. The minimum atomic E-state index is -0.163. The minimum absolute atomic E-state index is 0.0464. The van der Waals surface area contributed by atoms with Crippen molar-refractivity contribution >= 4 is 15.9 Å². The van der Waals surface area contributed by atoms with Crippen molar-refractivity contribution in [3.63, 3.8) is 0 Å². The van der Waals surface area contributed by atoms with E-state index in [9.17, 15) is 4.79 Å². The van der Waals surface area contributed by atoms with Gasteiger partial charge < -0.3 is 10.1 Å². The van der Waals surface area contributed by atoms with Crippen LogP contribution in [-0.2, 0) is 12.8 Å². The molecule has 19 heavy (non-hydrogen) atoms. The van der Waals surface area contributed by atoms with Gasteiger partial charge in [0.1, 0.15) is 5.82 Å². The summed E-state index contributed by atoms with van der Waals surface area (Å²) in [6, 6.07) is 7.84. The monoisotopic (exact) mass is 322 g/mol. The van der Waals surface area contributed by atoms with E-state index in [0.29, 0.717) is 29.9 Å². The summed E-state index contributed by atoms with van der Waals surface area (Å²) in [7, 11) is 0. The van der Waals surface area contributed by atoms with E-state index >= 15 is 0 Å². The fourth-order valence-corrected chi connectivity index (χ4v) is 2.41. The Kier molecular flexibility index (Phi) is 4.50. The van der Waals surface area contributed by atoms with E-state index in [4.69, 9.17) is 5.11 Å². The largest absolute Gasteiger partial charge is 0.396 e. The van der Waals surface area contributed by atoms with Crippen LogP contribution in [0.5, 0.6) is 0 Å². The third-order valence-corrected chi connectivity index (χ3v) is 3.72. The Balaban J connectivity index is 2.33. The van der Waals surface area contributed by atoms with E-state index in [0.717, 1.165) is 10.0 Å². The van der Waals surface area contributed by atoms with Crippen molar-refractivity contribution < 1.29 is 5.11 Å². The third-order valence-electron chi connectivity index (χ3n) is 2.95. The zero-order valence-electron chi connectivity index (χ0n) is 10.6. The van der Waals surface area contributed by atoms with Crippen molar-refractivity contribution in [2.75, 3.05) is 6.61 Å². The van der Waals surface area contributed by atoms with Crippen molar-refractivity contribution in [3.8, 4) is 0 Å². The van der Waals surface area contributed by atoms with Crippen LogP contribution in [0.1, 0.15) is 22.6 Å². The Morgan fingerprint density at radius 2 is 2.11 bits per heavy atom. The topological polar surface area (TPSA) is 66.0 Å². The van der Waals surface area contributed by atoms with Gasteiger partial charge >= 0.3 is 0 Å². The Hall–Kier alpha value is -1.46. The van der Waals surface area contributed by atoms with Gasteiger partial charge in [-0.3, -0.25) is 4.79 Å². The molecule has 1 heterocycles. The van der Waals surface area contributed by atoms with E-state index in [1.165, 1.54) is 0 Å². The number of aryl methyl sites for hydroxylation is 1. The maximum absolute atomic E-state index is 11.9. The maximum Gasteiger partial charge on any atom is 0.254 e. The van der Waals surface area contributed by atoms with E-state index in [-0.39, 0.29) is 12.2 Å². The number of H-pyrrole nitrogens is 1. The molecule has 1 aromatic heterocycles. The number of rotatable bonds is 4. The molecule has 4 nitrogen and oxygen atoms in total. The fraction of sp³-hybridized carbons (Fsp3) is 0.286. The summed E-state index contributed by atoms with van der Waals surface area (Å²) < 4.78 is 0.995. The number of hydrogen-bond donors (Lipinski definition) is 2. The first-order valence-electron chi connectivity index (χ1n) is 6.04. The molecule has 0 unspecified atom stereocenters. The second kappa shape index (κ2) is 6.12. The summed E-state index contributed by atoms with van der Waals surface area (Å²) in [5, 5.41) is 8.92. The lowest BCUT2D eigenvalue weighted by Crippen LogP contribution is -2.20. The quantitative estimate of drug-likeness (QED) is 0.904. The molecule has 0 amide bonds. The number of aliphatic hydroxyl groups is 1. The van der Waals surface area contributed by atoms with Gasteiger partial charge in [-0.05, 0) is 18.6 Å². The first kappa shape index (κ1) is 14.0. The SMILES string of the molecule is Cc1nc(Cc2ccccc2Br)[nH]c(=O)c1CCO. The highest BCUT2D eigenvalue weighted by atomic mass is 79.9. The molecule has 2 rings (SSSR count). The van der Waals surface area contributed by atoms with Gasteiger partial charge in [-0.25, -0.2) is 4.98 Å². The van der Waals surface area contributed by atoms with Crippen molar-refractivity contribution in [3.05, 3.63) is 61.7 Å². The summed E-state index contributed by atoms with van der Waals surface area (Å²) in [5.74, 6) is 0.635. The molecular weight excluding hydrogens is 308 g/mol. The zero-order chi connectivity index (χ0) is 13.8. The van der Waals surface area contributed by atoms with Gasteiger partial charge in [-0.2, -0.15) is 0 Å². The average molecular weight is 323 g/mol. The molecule has 0 fully saturated rings. The van der Waals surface area contributed by atoms with Gasteiger partial charge in [-0.15, -0.1) is 0 Å². The number of benzene rings is 1. The van der Waals surface area contributed by atoms with Gasteiger partial charge in [0.15, 0.2) is 0 Å². The van der Waals surface area contributed by atoms with Crippen LogP contribution in [-0.4, -0.2) is 21.7 Å². The van der Waals surface area contributed by atoms with E-state index in [2.05, 4.69) is 25.9 Å². The molecule has 2 aromatic rings. The van der Waals surface area contributed by atoms with Crippen LogP contribution in [0.2, 0.25) is 0 Å². The second-order valence-electron chi connectivity index (χ2n) is 4.32.